The third-order valence-electron chi connectivity index (χ3n) is 4.64. The maximum Gasteiger partial charge on any atom is 0.264 e. The van der Waals surface area contributed by atoms with Crippen molar-refractivity contribution >= 4 is 39.7 Å². The number of carbonyl (C=O) groups excluding carboxylic acids is 1. The number of carbonyl (C=O) groups is 1. The number of anilines is 2. The van der Waals surface area contributed by atoms with Crippen LogP contribution in [0.5, 0.6) is 5.75 Å². The molecule has 0 spiro atoms. The zero-order valence-electron chi connectivity index (χ0n) is 15.8. The van der Waals surface area contributed by atoms with E-state index in [2.05, 4.69) is 20.6 Å². The summed E-state index contributed by atoms with van der Waals surface area (Å²) in [5, 5.41) is 9.22. The number of nitrogens with zero attached hydrogens (tertiary/aromatic N) is 1. The zero-order valence-corrected chi connectivity index (χ0v) is 16.6. The molecule has 0 fully saturated rings. The number of aromatic amines is 1. The van der Waals surface area contributed by atoms with Gasteiger partial charge in [-0.1, -0.05) is 12.1 Å². The van der Waals surface area contributed by atoms with Crippen LogP contribution in [0.2, 0.25) is 0 Å². The van der Waals surface area contributed by atoms with Crippen molar-refractivity contribution in [3.8, 4) is 5.75 Å². The molecule has 0 radical (unpaired) electrons. The number of methoxy groups -OCH3 is 1. The van der Waals surface area contributed by atoms with Crippen LogP contribution in [-0.2, 0) is 0 Å². The number of fused-ring (bicyclic) bond motifs is 1. The number of pyridine rings is 1. The van der Waals surface area contributed by atoms with Crippen LogP contribution in [0.3, 0.4) is 0 Å². The van der Waals surface area contributed by atoms with Crippen LogP contribution in [0.15, 0.2) is 60.2 Å². The fourth-order valence-corrected chi connectivity index (χ4v) is 3.91. The molecule has 7 nitrogen and oxygen atoms in total. The first kappa shape index (κ1) is 19.0. The Morgan fingerprint density at radius 3 is 3.00 bits per heavy atom. The molecule has 3 aromatic heterocycles. The van der Waals surface area contributed by atoms with Gasteiger partial charge in [0.2, 0.25) is 0 Å². The molecule has 1 amide bonds. The van der Waals surface area contributed by atoms with Gasteiger partial charge in [0.05, 0.1) is 24.5 Å². The number of H-pyrrole nitrogens is 1. The zero-order chi connectivity index (χ0) is 20.2. The Balaban J connectivity index is 1.55. The van der Waals surface area contributed by atoms with Crippen molar-refractivity contribution in [3.63, 3.8) is 0 Å². The second-order valence-electron chi connectivity index (χ2n) is 6.43. The van der Waals surface area contributed by atoms with Crippen LogP contribution in [0.25, 0.3) is 11.0 Å². The SMILES string of the molecule is COc1cccc(C(CN)NC(=O)c2sccc2Nc2ccnc3[nH]ccc23)c1. The number of thiophene rings is 1. The fraction of sp³-hybridized carbons (Fsp3) is 0.143. The van der Waals surface area contributed by atoms with Crippen molar-refractivity contribution in [2.45, 2.75) is 6.04 Å². The van der Waals surface area contributed by atoms with Crippen LogP contribution < -0.4 is 21.1 Å². The Labute approximate surface area is 171 Å². The molecular formula is C21H21N5O2S. The summed E-state index contributed by atoms with van der Waals surface area (Å²) < 4.78 is 5.27. The van der Waals surface area contributed by atoms with Crippen LogP contribution in [0, 0.1) is 0 Å². The number of benzene rings is 1. The van der Waals surface area contributed by atoms with Gasteiger partial charge in [0.25, 0.3) is 5.91 Å². The molecule has 3 heterocycles. The van der Waals surface area contributed by atoms with Crippen LogP contribution in [-0.4, -0.2) is 29.5 Å². The average molecular weight is 407 g/mol. The van der Waals surface area contributed by atoms with E-state index in [4.69, 9.17) is 10.5 Å². The minimum absolute atomic E-state index is 0.180. The van der Waals surface area contributed by atoms with Gasteiger partial charge >= 0.3 is 0 Å². The van der Waals surface area contributed by atoms with E-state index in [1.54, 1.807) is 13.3 Å². The van der Waals surface area contributed by atoms with Gasteiger partial charge in [-0.15, -0.1) is 11.3 Å². The molecule has 29 heavy (non-hydrogen) atoms. The highest BCUT2D eigenvalue weighted by atomic mass is 32.1. The van der Waals surface area contributed by atoms with Crippen molar-refractivity contribution < 1.29 is 9.53 Å². The quantitative estimate of drug-likeness (QED) is 0.373. The monoisotopic (exact) mass is 407 g/mol. The van der Waals surface area contributed by atoms with E-state index in [1.807, 2.05) is 54.0 Å². The average Bonchev–Trinajstić information content (AvgIpc) is 3.42. The van der Waals surface area contributed by atoms with Crippen molar-refractivity contribution in [1.29, 1.82) is 0 Å². The molecule has 0 aliphatic carbocycles. The molecule has 4 aromatic rings. The van der Waals surface area contributed by atoms with Gasteiger partial charge in [-0.2, -0.15) is 0 Å². The number of rotatable bonds is 7. The summed E-state index contributed by atoms with van der Waals surface area (Å²) >= 11 is 1.38. The minimum Gasteiger partial charge on any atom is -0.497 e. The maximum atomic E-state index is 13.0. The van der Waals surface area contributed by atoms with Crippen molar-refractivity contribution in [1.82, 2.24) is 15.3 Å². The summed E-state index contributed by atoms with van der Waals surface area (Å²) in [7, 11) is 1.61. The summed E-state index contributed by atoms with van der Waals surface area (Å²) in [6, 6.07) is 13.0. The highest BCUT2D eigenvalue weighted by molar-refractivity contribution is 7.12. The second-order valence-corrected chi connectivity index (χ2v) is 7.34. The number of nitrogens with two attached hydrogens (primary N) is 1. The predicted molar refractivity (Wildman–Crippen MR) is 116 cm³/mol. The summed E-state index contributed by atoms with van der Waals surface area (Å²) in [6.07, 6.45) is 3.56. The number of ether oxygens (including phenoxy) is 1. The largest absolute Gasteiger partial charge is 0.497 e. The third-order valence-corrected chi connectivity index (χ3v) is 5.55. The topological polar surface area (TPSA) is 105 Å². The van der Waals surface area contributed by atoms with Gasteiger partial charge in [-0.25, -0.2) is 4.98 Å². The molecule has 8 heteroatoms. The van der Waals surface area contributed by atoms with Crippen LogP contribution in [0.4, 0.5) is 11.4 Å². The molecule has 0 aliphatic heterocycles. The molecule has 4 rings (SSSR count). The number of aromatic nitrogens is 2. The number of nitrogens with one attached hydrogen (secondary N) is 3. The number of hydrogen-bond acceptors (Lipinski definition) is 6. The van der Waals surface area contributed by atoms with Crippen LogP contribution >= 0.6 is 11.3 Å². The molecule has 0 saturated heterocycles. The first-order chi connectivity index (χ1) is 14.2. The molecular weight excluding hydrogens is 386 g/mol. The predicted octanol–water partition coefficient (Wildman–Crippen LogP) is 3.81. The van der Waals surface area contributed by atoms with E-state index >= 15 is 0 Å². The van der Waals surface area contributed by atoms with E-state index < -0.39 is 0 Å². The Kier molecular flexibility index (Phi) is 5.46. The fourth-order valence-electron chi connectivity index (χ4n) is 3.16. The summed E-state index contributed by atoms with van der Waals surface area (Å²) in [5.41, 5.74) is 9.24. The highest BCUT2D eigenvalue weighted by Crippen LogP contribution is 2.30. The lowest BCUT2D eigenvalue weighted by molar-refractivity contribution is 0.0942. The molecule has 0 aliphatic rings. The smallest absolute Gasteiger partial charge is 0.264 e. The van der Waals surface area contributed by atoms with Crippen molar-refractivity contribution in [2.75, 3.05) is 19.0 Å². The van der Waals surface area contributed by atoms with Gasteiger partial charge < -0.3 is 26.1 Å². The van der Waals surface area contributed by atoms with E-state index in [0.717, 1.165) is 33.7 Å². The molecule has 5 N–H and O–H groups in total. The second kappa shape index (κ2) is 8.34. The van der Waals surface area contributed by atoms with E-state index in [9.17, 15) is 4.79 Å². The third kappa shape index (κ3) is 3.94. The normalized spacial score (nSPS) is 11.9. The lowest BCUT2D eigenvalue weighted by Crippen LogP contribution is -2.33. The maximum absolute atomic E-state index is 13.0. The Bertz CT molecular complexity index is 1140. The van der Waals surface area contributed by atoms with E-state index in [0.29, 0.717) is 4.88 Å². The first-order valence-corrected chi connectivity index (χ1v) is 9.99. The lowest BCUT2D eigenvalue weighted by atomic mass is 10.1. The summed E-state index contributed by atoms with van der Waals surface area (Å²) in [4.78, 5) is 20.9. The Morgan fingerprint density at radius 1 is 1.28 bits per heavy atom. The molecule has 0 saturated carbocycles. The highest BCUT2D eigenvalue weighted by Gasteiger charge is 2.19. The molecule has 1 aromatic carbocycles. The molecule has 1 unspecified atom stereocenters. The molecule has 1 atom stereocenters. The van der Waals surface area contributed by atoms with Gasteiger partial charge in [-0.05, 0) is 41.3 Å². The Morgan fingerprint density at radius 2 is 2.17 bits per heavy atom. The van der Waals surface area contributed by atoms with Gasteiger partial charge in [0.15, 0.2) is 0 Å². The van der Waals surface area contributed by atoms with E-state index in [1.165, 1.54) is 11.3 Å². The molecule has 148 valence electrons. The van der Waals surface area contributed by atoms with Crippen molar-refractivity contribution in [2.24, 2.45) is 5.73 Å². The number of amides is 1. The van der Waals surface area contributed by atoms with Gasteiger partial charge in [0.1, 0.15) is 16.3 Å². The summed E-state index contributed by atoms with van der Waals surface area (Å²) in [6.45, 7) is 0.279. The van der Waals surface area contributed by atoms with Gasteiger partial charge in [0, 0.05) is 24.3 Å². The van der Waals surface area contributed by atoms with Crippen molar-refractivity contribution in [3.05, 3.63) is 70.7 Å². The van der Waals surface area contributed by atoms with E-state index in [-0.39, 0.29) is 18.5 Å². The lowest BCUT2D eigenvalue weighted by Gasteiger charge is -2.18. The minimum atomic E-state index is -0.315. The standard InChI is InChI=1S/C21H21N5O2S/c1-28-14-4-2-3-13(11-14)18(12-22)26-21(27)19-17(7-10-29-19)25-16-6-9-24-20-15(16)5-8-23-20/h2-11,18H,12,22H2,1H3,(H,26,27)(H2,23,24,25). The first-order valence-electron chi connectivity index (χ1n) is 9.11. The van der Waals surface area contributed by atoms with Crippen LogP contribution in [0.1, 0.15) is 21.3 Å². The summed E-state index contributed by atoms with van der Waals surface area (Å²) in [5.74, 6) is 0.544. The number of hydrogen-bond donors (Lipinski definition) is 4. The Hall–Kier alpha value is -3.36. The molecule has 0 bridgehead atoms. The van der Waals surface area contributed by atoms with Gasteiger partial charge in [-0.3, -0.25) is 4.79 Å².